The molecule has 0 radical (unpaired) electrons. The number of nitrogens with zero attached hydrogens (tertiary/aromatic N) is 2. The number of carboxylic acids is 1. The van der Waals surface area contributed by atoms with E-state index in [0.29, 0.717) is 6.42 Å². The van der Waals surface area contributed by atoms with Crippen LogP contribution in [0, 0.1) is 0 Å². The van der Waals surface area contributed by atoms with Crippen LogP contribution in [0.4, 0.5) is 0 Å². The lowest BCUT2D eigenvalue weighted by Gasteiger charge is -2.02. The highest BCUT2D eigenvalue weighted by atomic mass is 16.4. The maximum Gasteiger partial charge on any atom is 0.303 e. The van der Waals surface area contributed by atoms with Gasteiger partial charge in [-0.25, -0.2) is 4.98 Å². The molecule has 0 spiro atoms. The zero-order valence-electron chi connectivity index (χ0n) is 9.64. The first-order chi connectivity index (χ1) is 7.79. The minimum Gasteiger partial charge on any atom is -0.481 e. The minimum atomic E-state index is -0.680. The fourth-order valence-electron chi connectivity index (χ4n) is 1.70. The number of aromatic nitrogens is 2. The number of imidazole rings is 1. The van der Waals surface area contributed by atoms with E-state index in [9.17, 15) is 4.79 Å². The number of aliphatic carboxylic acids is 1. The number of rotatable bonds is 9. The first kappa shape index (κ1) is 12.7. The van der Waals surface area contributed by atoms with Crippen LogP contribution in [0.2, 0.25) is 0 Å². The Morgan fingerprint density at radius 3 is 2.44 bits per heavy atom. The van der Waals surface area contributed by atoms with Gasteiger partial charge in [-0.1, -0.05) is 25.7 Å². The molecule has 0 bridgehead atoms. The van der Waals surface area contributed by atoms with Crippen molar-refractivity contribution in [2.24, 2.45) is 0 Å². The summed E-state index contributed by atoms with van der Waals surface area (Å²) in [6.45, 7) is 1.04. The van der Waals surface area contributed by atoms with Gasteiger partial charge in [-0.2, -0.15) is 0 Å². The Balaban J connectivity index is 1.83. The maximum absolute atomic E-state index is 10.3. The molecule has 0 aliphatic rings. The summed E-state index contributed by atoms with van der Waals surface area (Å²) in [4.78, 5) is 14.2. The van der Waals surface area contributed by atoms with Gasteiger partial charge in [-0.3, -0.25) is 4.79 Å². The summed E-state index contributed by atoms with van der Waals surface area (Å²) in [5.74, 6) is -0.680. The van der Waals surface area contributed by atoms with Crippen molar-refractivity contribution in [2.75, 3.05) is 0 Å². The van der Waals surface area contributed by atoms with E-state index in [2.05, 4.69) is 9.55 Å². The van der Waals surface area contributed by atoms with Crippen molar-refractivity contribution in [3.05, 3.63) is 18.7 Å². The summed E-state index contributed by atoms with van der Waals surface area (Å²) in [7, 11) is 0. The Hall–Kier alpha value is -1.32. The third-order valence-electron chi connectivity index (χ3n) is 2.62. The van der Waals surface area contributed by atoms with Crippen LogP contribution in [-0.4, -0.2) is 20.6 Å². The molecule has 1 rings (SSSR count). The van der Waals surface area contributed by atoms with Crippen LogP contribution in [-0.2, 0) is 11.3 Å². The average molecular weight is 224 g/mol. The third kappa shape index (κ3) is 6.22. The maximum atomic E-state index is 10.3. The smallest absolute Gasteiger partial charge is 0.303 e. The summed E-state index contributed by atoms with van der Waals surface area (Å²) in [5.41, 5.74) is 0. The molecule has 4 nitrogen and oxygen atoms in total. The van der Waals surface area contributed by atoms with Crippen LogP contribution in [0.5, 0.6) is 0 Å². The Morgan fingerprint density at radius 2 is 1.81 bits per heavy atom. The van der Waals surface area contributed by atoms with Gasteiger partial charge in [0.25, 0.3) is 0 Å². The van der Waals surface area contributed by atoms with Crippen LogP contribution in [0.1, 0.15) is 44.9 Å². The molecule has 0 fully saturated rings. The van der Waals surface area contributed by atoms with Crippen LogP contribution in [0.15, 0.2) is 18.7 Å². The minimum absolute atomic E-state index is 0.315. The first-order valence-corrected chi connectivity index (χ1v) is 5.96. The van der Waals surface area contributed by atoms with Gasteiger partial charge >= 0.3 is 5.97 Å². The van der Waals surface area contributed by atoms with Gasteiger partial charge in [0.15, 0.2) is 0 Å². The van der Waals surface area contributed by atoms with E-state index in [4.69, 9.17) is 5.11 Å². The fourth-order valence-corrected chi connectivity index (χ4v) is 1.70. The number of hydrogen-bond donors (Lipinski definition) is 1. The van der Waals surface area contributed by atoms with Crippen LogP contribution >= 0.6 is 0 Å². The molecule has 1 N–H and O–H groups in total. The highest BCUT2D eigenvalue weighted by molar-refractivity contribution is 5.66. The Bertz CT molecular complexity index is 283. The van der Waals surface area contributed by atoms with E-state index in [1.807, 2.05) is 12.5 Å². The van der Waals surface area contributed by atoms with Gasteiger partial charge < -0.3 is 9.67 Å². The lowest BCUT2D eigenvalue weighted by Crippen LogP contribution is -1.95. The molecule has 0 atom stereocenters. The molecule has 1 aromatic rings. The molecular weight excluding hydrogens is 204 g/mol. The van der Waals surface area contributed by atoms with Crippen molar-refractivity contribution in [3.8, 4) is 0 Å². The van der Waals surface area contributed by atoms with Crippen molar-refractivity contribution in [1.82, 2.24) is 9.55 Å². The normalized spacial score (nSPS) is 10.5. The molecule has 0 aromatic carbocycles. The second-order valence-corrected chi connectivity index (χ2v) is 4.07. The lowest BCUT2D eigenvalue weighted by molar-refractivity contribution is -0.137. The number of carboxylic acid groups (broad SMARTS) is 1. The molecule has 0 saturated carbocycles. The van der Waals surface area contributed by atoms with E-state index in [-0.39, 0.29) is 0 Å². The summed E-state index contributed by atoms with van der Waals surface area (Å²) in [5, 5.41) is 8.45. The van der Waals surface area contributed by atoms with Crippen molar-refractivity contribution < 1.29 is 9.90 Å². The predicted octanol–water partition coefficient (Wildman–Crippen LogP) is 2.70. The largest absolute Gasteiger partial charge is 0.481 e. The average Bonchev–Trinajstić information content (AvgIpc) is 2.74. The van der Waals surface area contributed by atoms with Crippen molar-refractivity contribution in [1.29, 1.82) is 0 Å². The molecule has 4 heteroatoms. The zero-order chi connectivity index (χ0) is 11.6. The zero-order valence-corrected chi connectivity index (χ0v) is 9.64. The number of carbonyl (C=O) groups is 1. The lowest BCUT2D eigenvalue weighted by atomic mass is 10.1. The first-order valence-electron chi connectivity index (χ1n) is 5.96. The van der Waals surface area contributed by atoms with Crippen molar-refractivity contribution in [2.45, 2.75) is 51.5 Å². The van der Waals surface area contributed by atoms with E-state index in [0.717, 1.165) is 25.8 Å². The van der Waals surface area contributed by atoms with Gasteiger partial charge in [-0.15, -0.1) is 0 Å². The van der Waals surface area contributed by atoms with Gasteiger partial charge in [-0.05, 0) is 12.8 Å². The number of unbranched alkanes of at least 4 members (excludes halogenated alkanes) is 5. The monoisotopic (exact) mass is 224 g/mol. The van der Waals surface area contributed by atoms with Gasteiger partial charge in [0.05, 0.1) is 6.33 Å². The van der Waals surface area contributed by atoms with Crippen LogP contribution in [0.3, 0.4) is 0 Å². The quantitative estimate of drug-likeness (QED) is 0.656. The summed E-state index contributed by atoms with van der Waals surface area (Å²) in [6.07, 6.45) is 12.5. The molecule has 1 heterocycles. The third-order valence-corrected chi connectivity index (χ3v) is 2.62. The highest BCUT2D eigenvalue weighted by Crippen LogP contribution is 2.07. The second kappa shape index (κ2) is 7.91. The highest BCUT2D eigenvalue weighted by Gasteiger charge is 1.96. The van der Waals surface area contributed by atoms with E-state index in [1.54, 1.807) is 6.20 Å². The predicted molar refractivity (Wildman–Crippen MR) is 62.2 cm³/mol. The van der Waals surface area contributed by atoms with E-state index in [1.165, 1.54) is 19.3 Å². The molecule has 0 saturated heterocycles. The van der Waals surface area contributed by atoms with E-state index < -0.39 is 5.97 Å². The summed E-state index contributed by atoms with van der Waals surface area (Å²) < 4.78 is 2.09. The molecule has 0 aliphatic heterocycles. The Morgan fingerprint density at radius 1 is 1.12 bits per heavy atom. The summed E-state index contributed by atoms with van der Waals surface area (Å²) >= 11 is 0. The molecular formula is C12H20N2O2. The molecule has 16 heavy (non-hydrogen) atoms. The Labute approximate surface area is 96.3 Å². The number of aryl methyl sites for hydroxylation is 1. The second-order valence-electron chi connectivity index (χ2n) is 4.07. The van der Waals surface area contributed by atoms with E-state index >= 15 is 0 Å². The molecule has 90 valence electrons. The fraction of sp³-hybridized carbons (Fsp3) is 0.667. The van der Waals surface area contributed by atoms with Gasteiger partial charge in [0.2, 0.25) is 0 Å². The van der Waals surface area contributed by atoms with Crippen LogP contribution in [0.25, 0.3) is 0 Å². The standard InChI is InChI=1S/C12H20N2O2/c15-12(16)7-5-3-1-2-4-6-9-14-10-8-13-11-14/h8,10-11H,1-7,9H2,(H,15,16). The van der Waals surface area contributed by atoms with Crippen LogP contribution < -0.4 is 0 Å². The van der Waals surface area contributed by atoms with Gasteiger partial charge in [0.1, 0.15) is 0 Å². The molecule has 1 aromatic heterocycles. The topological polar surface area (TPSA) is 55.1 Å². The molecule has 0 unspecified atom stereocenters. The van der Waals surface area contributed by atoms with Crippen molar-refractivity contribution >= 4 is 5.97 Å². The number of hydrogen-bond acceptors (Lipinski definition) is 2. The van der Waals surface area contributed by atoms with Gasteiger partial charge in [0, 0.05) is 25.4 Å². The SMILES string of the molecule is O=C(O)CCCCCCCCn1ccnc1. The Kier molecular flexibility index (Phi) is 6.30. The van der Waals surface area contributed by atoms with Crippen molar-refractivity contribution in [3.63, 3.8) is 0 Å². The summed E-state index contributed by atoms with van der Waals surface area (Å²) in [6, 6.07) is 0. The molecule has 0 aliphatic carbocycles. The molecule has 0 amide bonds.